The second-order valence-corrected chi connectivity index (χ2v) is 8.69. The van der Waals surface area contributed by atoms with Crippen molar-refractivity contribution in [2.24, 2.45) is 23.5 Å². The summed E-state index contributed by atoms with van der Waals surface area (Å²) in [6.07, 6.45) is 7.30. The first-order valence-corrected chi connectivity index (χ1v) is 10.00. The predicted octanol–water partition coefficient (Wildman–Crippen LogP) is 3.19. The number of amides is 1. The van der Waals surface area contributed by atoms with Crippen LogP contribution < -0.4 is 11.1 Å². The van der Waals surface area contributed by atoms with E-state index in [0.717, 1.165) is 37.1 Å². The Morgan fingerprint density at radius 3 is 2.46 bits per heavy atom. The lowest BCUT2D eigenvalue weighted by molar-refractivity contribution is -0.129. The maximum absolute atomic E-state index is 13.0. The lowest BCUT2D eigenvalue weighted by Gasteiger charge is -2.44. The molecule has 2 aliphatic rings. The van der Waals surface area contributed by atoms with Crippen LogP contribution in [0.3, 0.4) is 0 Å². The molecule has 2 fully saturated rings. The number of hydrogen-bond donors (Lipinski definition) is 2. The van der Waals surface area contributed by atoms with Crippen molar-refractivity contribution in [3.05, 3.63) is 42.2 Å². The van der Waals surface area contributed by atoms with E-state index < -0.39 is 5.54 Å². The molecule has 28 heavy (non-hydrogen) atoms. The molecule has 152 valence electrons. The van der Waals surface area contributed by atoms with Crippen molar-refractivity contribution in [3.8, 4) is 5.69 Å². The normalized spacial score (nSPS) is 27.0. The summed E-state index contributed by atoms with van der Waals surface area (Å²) in [4.78, 5) is 13.0. The summed E-state index contributed by atoms with van der Waals surface area (Å²) < 4.78 is 1.74. The summed E-state index contributed by atoms with van der Waals surface area (Å²) >= 11 is 0. The first-order valence-electron chi connectivity index (χ1n) is 10.00. The Morgan fingerprint density at radius 1 is 1.18 bits per heavy atom. The van der Waals surface area contributed by atoms with Gasteiger partial charge in [0.05, 0.1) is 17.4 Å². The van der Waals surface area contributed by atoms with Crippen LogP contribution in [0, 0.1) is 17.8 Å². The minimum atomic E-state index is -0.571. The standard InChI is InChI=1S/C21H29N5O.ClH/c1-21(2,18-13-26(25-24-18)17-9-4-3-5-10-17)23-20(27)16-11-14-7-6-8-15(12-16)19(14)22;/h3-5,9-10,13-16,19H,6-8,11-12,22H2,1-2H3,(H,23,27);1H. The van der Waals surface area contributed by atoms with E-state index in [4.69, 9.17) is 5.73 Å². The second kappa shape index (κ2) is 8.21. The monoisotopic (exact) mass is 403 g/mol. The molecular weight excluding hydrogens is 374 g/mol. The molecule has 1 aromatic carbocycles. The summed E-state index contributed by atoms with van der Waals surface area (Å²) in [5.41, 5.74) is 7.51. The van der Waals surface area contributed by atoms with Gasteiger partial charge in [-0.2, -0.15) is 0 Å². The third-order valence-electron chi connectivity index (χ3n) is 6.37. The highest BCUT2D eigenvalue weighted by atomic mass is 35.5. The smallest absolute Gasteiger partial charge is 0.223 e. The highest BCUT2D eigenvalue weighted by Gasteiger charge is 2.41. The van der Waals surface area contributed by atoms with Gasteiger partial charge in [0, 0.05) is 12.0 Å². The molecule has 1 heterocycles. The molecule has 7 heteroatoms. The number of rotatable bonds is 4. The number of nitrogens with zero attached hydrogens (tertiary/aromatic N) is 3. The number of nitrogens with two attached hydrogens (primary N) is 1. The van der Waals surface area contributed by atoms with Gasteiger partial charge in [0.1, 0.15) is 5.69 Å². The first kappa shape index (κ1) is 20.8. The Hall–Kier alpha value is -1.92. The van der Waals surface area contributed by atoms with Crippen molar-refractivity contribution in [2.75, 3.05) is 0 Å². The fourth-order valence-corrected chi connectivity index (χ4v) is 4.73. The van der Waals surface area contributed by atoms with Gasteiger partial charge < -0.3 is 11.1 Å². The van der Waals surface area contributed by atoms with Crippen LogP contribution in [0.5, 0.6) is 0 Å². The van der Waals surface area contributed by atoms with Crippen LogP contribution >= 0.6 is 12.4 Å². The van der Waals surface area contributed by atoms with Crippen LogP contribution in [0.15, 0.2) is 36.5 Å². The lowest BCUT2D eigenvalue weighted by atomic mass is 9.65. The van der Waals surface area contributed by atoms with Crippen LogP contribution in [-0.4, -0.2) is 26.9 Å². The number of para-hydroxylation sites is 1. The number of carbonyl (C=O) groups excluding carboxylic acids is 1. The van der Waals surface area contributed by atoms with Crippen LogP contribution in [0.1, 0.15) is 51.6 Å². The van der Waals surface area contributed by atoms with E-state index in [0.29, 0.717) is 11.8 Å². The average molecular weight is 404 g/mol. The molecule has 0 radical (unpaired) electrons. The Morgan fingerprint density at radius 2 is 1.82 bits per heavy atom. The molecule has 2 bridgehead atoms. The Balaban J connectivity index is 0.00000225. The maximum atomic E-state index is 13.0. The lowest BCUT2D eigenvalue weighted by Crippen LogP contribution is -2.51. The van der Waals surface area contributed by atoms with E-state index in [-0.39, 0.29) is 30.3 Å². The topological polar surface area (TPSA) is 85.8 Å². The highest BCUT2D eigenvalue weighted by molar-refractivity contribution is 5.85. The van der Waals surface area contributed by atoms with E-state index in [9.17, 15) is 4.79 Å². The third kappa shape index (κ3) is 4.08. The highest BCUT2D eigenvalue weighted by Crippen LogP contribution is 2.42. The minimum absolute atomic E-state index is 0. The van der Waals surface area contributed by atoms with Crippen molar-refractivity contribution in [1.29, 1.82) is 0 Å². The molecule has 2 unspecified atom stereocenters. The zero-order valence-corrected chi connectivity index (χ0v) is 17.4. The van der Waals surface area contributed by atoms with Gasteiger partial charge in [0.25, 0.3) is 0 Å². The summed E-state index contributed by atoms with van der Waals surface area (Å²) in [6, 6.07) is 10.1. The van der Waals surface area contributed by atoms with Gasteiger partial charge in [-0.25, -0.2) is 4.68 Å². The Kier molecular flexibility index (Phi) is 6.10. The minimum Gasteiger partial charge on any atom is -0.345 e. The van der Waals surface area contributed by atoms with Crippen molar-refractivity contribution in [2.45, 2.75) is 57.5 Å². The molecule has 2 atom stereocenters. The second-order valence-electron chi connectivity index (χ2n) is 8.69. The van der Waals surface area contributed by atoms with E-state index >= 15 is 0 Å². The van der Waals surface area contributed by atoms with E-state index in [1.807, 2.05) is 50.4 Å². The molecule has 4 rings (SSSR count). The molecule has 0 aliphatic heterocycles. The summed E-state index contributed by atoms with van der Waals surface area (Å²) in [6.45, 7) is 3.97. The van der Waals surface area contributed by atoms with E-state index in [1.54, 1.807) is 4.68 Å². The number of fused-ring (bicyclic) bond motifs is 2. The summed E-state index contributed by atoms with van der Waals surface area (Å²) in [5, 5.41) is 11.8. The molecule has 2 aromatic rings. The van der Waals surface area contributed by atoms with Gasteiger partial charge in [0.2, 0.25) is 5.91 Å². The molecule has 1 aromatic heterocycles. The summed E-state index contributed by atoms with van der Waals surface area (Å²) in [5.74, 6) is 1.17. The van der Waals surface area contributed by atoms with Crippen LogP contribution in [-0.2, 0) is 10.3 Å². The SMILES string of the molecule is CC(C)(NC(=O)C1CC2CCCC(C1)C2N)c1cn(-c2ccccc2)nn1.Cl. The van der Waals surface area contributed by atoms with Gasteiger partial charge in [-0.3, -0.25) is 4.79 Å². The molecule has 0 spiro atoms. The molecule has 2 aliphatic carbocycles. The quantitative estimate of drug-likeness (QED) is 0.820. The van der Waals surface area contributed by atoms with Crippen molar-refractivity contribution < 1.29 is 4.79 Å². The number of halogens is 1. The van der Waals surface area contributed by atoms with Gasteiger partial charge in [-0.15, -0.1) is 17.5 Å². The third-order valence-corrected chi connectivity index (χ3v) is 6.37. The molecule has 3 N–H and O–H groups in total. The number of benzene rings is 1. The van der Waals surface area contributed by atoms with Gasteiger partial charge in [0.15, 0.2) is 0 Å². The molecule has 0 saturated heterocycles. The van der Waals surface area contributed by atoms with Crippen LogP contribution in [0.4, 0.5) is 0 Å². The summed E-state index contributed by atoms with van der Waals surface area (Å²) in [7, 11) is 0. The first-order chi connectivity index (χ1) is 12.9. The van der Waals surface area contributed by atoms with E-state index in [2.05, 4.69) is 15.6 Å². The maximum Gasteiger partial charge on any atom is 0.223 e. The Bertz CT molecular complexity index is 792. The fourth-order valence-electron chi connectivity index (χ4n) is 4.73. The van der Waals surface area contributed by atoms with Crippen molar-refractivity contribution >= 4 is 18.3 Å². The van der Waals surface area contributed by atoms with Crippen molar-refractivity contribution in [1.82, 2.24) is 20.3 Å². The zero-order valence-electron chi connectivity index (χ0n) is 16.5. The molecular formula is C21H30ClN5O. The molecule has 2 saturated carbocycles. The average Bonchev–Trinajstić information content (AvgIpc) is 3.13. The van der Waals surface area contributed by atoms with Crippen LogP contribution in [0.2, 0.25) is 0 Å². The predicted molar refractivity (Wildman–Crippen MR) is 111 cm³/mol. The van der Waals surface area contributed by atoms with Crippen LogP contribution in [0.25, 0.3) is 5.69 Å². The van der Waals surface area contributed by atoms with Gasteiger partial charge in [-0.1, -0.05) is 29.8 Å². The van der Waals surface area contributed by atoms with Gasteiger partial charge >= 0.3 is 0 Å². The molecule has 1 amide bonds. The van der Waals surface area contributed by atoms with Gasteiger partial charge in [-0.05, 0) is 63.5 Å². The van der Waals surface area contributed by atoms with Crippen molar-refractivity contribution in [3.63, 3.8) is 0 Å². The number of aromatic nitrogens is 3. The molecule has 6 nitrogen and oxygen atoms in total. The number of nitrogens with one attached hydrogen (secondary N) is 1. The fraction of sp³-hybridized carbons (Fsp3) is 0.571. The zero-order chi connectivity index (χ0) is 19.0. The number of carbonyl (C=O) groups is 1. The number of hydrogen-bond acceptors (Lipinski definition) is 4. The van der Waals surface area contributed by atoms with E-state index in [1.165, 1.54) is 6.42 Å². The largest absolute Gasteiger partial charge is 0.345 e. The Labute approximate surface area is 172 Å².